The van der Waals surface area contributed by atoms with E-state index in [0.717, 1.165) is 78.0 Å². The zero-order chi connectivity index (χ0) is 40.3. The van der Waals surface area contributed by atoms with Crippen molar-refractivity contribution >= 4 is 71.6 Å². The molecule has 0 atom stereocenters. The van der Waals surface area contributed by atoms with Crippen molar-refractivity contribution in [1.82, 2.24) is 4.57 Å². The van der Waals surface area contributed by atoms with E-state index in [1.165, 1.54) is 32.7 Å². The van der Waals surface area contributed by atoms with Crippen LogP contribution in [0.5, 0.6) is 0 Å². The SMILES string of the molecule is c1ccc(-c2ccc(N(c3cccc(-c4ccc(-c5ccc6c7ccccc7n(-c7cccc8c7oc7ccccc78)c6c5)cc4)c3)c3cccc4ccccc34)cc2)cc1. The number of hydrogen-bond acceptors (Lipinski definition) is 2. The molecule has 2 heterocycles. The lowest BCUT2D eigenvalue weighted by Crippen LogP contribution is -2.10. The summed E-state index contributed by atoms with van der Waals surface area (Å²) in [7, 11) is 0. The van der Waals surface area contributed by atoms with Gasteiger partial charge >= 0.3 is 0 Å². The highest BCUT2D eigenvalue weighted by Gasteiger charge is 2.19. The Morgan fingerprint density at radius 3 is 1.72 bits per heavy atom. The summed E-state index contributed by atoms with van der Waals surface area (Å²) in [5, 5.41) is 7.10. The molecule has 0 aliphatic rings. The molecular weight excluding hydrogens is 741 g/mol. The maximum atomic E-state index is 6.56. The predicted molar refractivity (Wildman–Crippen MR) is 257 cm³/mol. The summed E-state index contributed by atoms with van der Waals surface area (Å²) in [5.74, 6) is 0. The first-order chi connectivity index (χ1) is 30.2. The number of fused-ring (bicyclic) bond motifs is 7. The molecule has 3 heteroatoms. The molecule has 0 bridgehead atoms. The standard InChI is InChI=1S/C58H38N2O/c1-2-13-39(14-3-1)40-31-34-46(35-32-40)59(53-24-11-16-43-15-4-5-19-48(43)53)47-18-10-17-44(37-47)41-27-29-42(30-28-41)45-33-36-50-49-20-6-8-23-54(49)60(56(50)38-45)55-25-12-22-52-51-21-7-9-26-57(51)61-58(52)55/h1-38H. The normalized spacial score (nSPS) is 11.6. The van der Waals surface area contributed by atoms with Gasteiger partial charge < -0.3 is 13.9 Å². The molecule has 3 nitrogen and oxygen atoms in total. The first-order valence-electron chi connectivity index (χ1n) is 20.8. The van der Waals surface area contributed by atoms with Gasteiger partial charge in [0.2, 0.25) is 0 Å². The molecule has 0 spiro atoms. The molecule has 0 fully saturated rings. The van der Waals surface area contributed by atoms with Crippen LogP contribution >= 0.6 is 0 Å². The second-order valence-corrected chi connectivity index (χ2v) is 15.7. The van der Waals surface area contributed by atoms with Gasteiger partial charge in [-0.05, 0) is 93.4 Å². The molecule has 0 aliphatic carbocycles. The molecule has 12 rings (SSSR count). The van der Waals surface area contributed by atoms with Crippen molar-refractivity contribution in [3.05, 3.63) is 231 Å². The number of anilines is 3. The Kier molecular flexibility index (Phi) is 8.17. The van der Waals surface area contributed by atoms with Gasteiger partial charge in [0.25, 0.3) is 0 Å². The Morgan fingerprint density at radius 1 is 0.328 bits per heavy atom. The highest BCUT2D eigenvalue weighted by molar-refractivity contribution is 6.13. The van der Waals surface area contributed by atoms with Crippen LogP contribution in [0.15, 0.2) is 235 Å². The van der Waals surface area contributed by atoms with Crippen LogP contribution in [0.2, 0.25) is 0 Å². The smallest absolute Gasteiger partial charge is 0.159 e. The van der Waals surface area contributed by atoms with Gasteiger partial charge in [0, 0.05) is 38.3 Å². The molecule has 0 saturated heterocycles. The third-order valence-corrected chi connectivity index (χ3v) is 12.2. The lowest BCUT2D eigenvalue weighted by atomic mass is 9.98. The van der Waals surface area contributed by atoms with Gasteiger partial charge in [0.1, 0.15) is 5.58 Å². The average molecular weight is 779 g/mol. The first-order valence-corrected chi connectivity index (χ1v) is 20.8. The molecular formula is C58H38N2O. The fraction of sp³-hybridized carbons (Fsp3) is 0. The number of hydrogen-bond donors (Lipinski definition) is 0. The minimum absolute atomic E-state index is 0.895. The fourth-order valence-electron chi connectivity index (χ4n) is 9.26. The second kappa shape index (κ2) is 14.3. The minimum atomic E-state index is 0.895. The summed E-state index contributed by atoms with van der Waals surface area (Å²) < 4.78 is 8.94. The Hall–Kier alpha value is -8.14. The van der Waals surface area contributed by atoms with Crippen molar-refractivity contribution in [3.8, 4) is 39.1 Å². The third kappa shape index (κ3) is 5.90. The summed E-state index contributed by atoms with van der Waals surface area (Å²) in [6.45, 7) is 0. The van der Waals surface area contributed by atoms with Crippen LogP contribution in [-0.4, -0.2) is 4.57 Å². The Morgan fingerprint density at radius 2 is 0.885 bits per heavy atom. The maximum absolute atomic E-state index is 6.56. The van der Waals surface area contributed by atoms with Crippen LogP contribution < -0.4 is 4.90 Å². The quantitative estimate of drug-likeness (QED) is 0.161. The van der Waals surface area contributed by atoms with Crippen molar-refractivity contribution in [1.29, 1.82) is 0 Å². The van der Waals surface area contributed by atoms with Crippen LogP contribution in [0.4, 0.5) is 17.1 Å². The third-order valence-electron chi connectivity index (χ3n) is 12.2. The van der Waals surface area contributed by atoms with Crippen molar-refractivity contribution in [3.63, 3.8) is 0 Å². The zero-order valence-corrected chi connectivity index (χ0v) is 33.2. The molecule has 0 radical (unpaired) electrons. The highest BCUT2D eigenvalue weighted by atomic mass is 16.3. The van der Waals surface area contributed by atoms with E-state index in [2.05, 4.69) is 234 Å². The second-order valence-electron chi connectivity index (χ2n) is 15.7. The number of rotatable bonds is 7. The van der Waals surface area contributed by atoms with Crippen molar-refractivity contribution in [2.45, 2.75) is 0 Å². The van der Waals surface area contributed by atoms with Gasteiger partial charge in [0.15, 0.2) is 5.58 Å². The zero-order valence-electron chi connectivity index (χ0n) is 33.2. The summed E-state index contributed by atoms with van der Waals surface area (Å²) in [6, 6.07) is 82.9. The van der Waals surface area contributed by atoms with Crippen molar-refractivity contribution in [2.75, 3.05) is 4.90 Å². The van der Waals surface area contributed by atoms with E-state index in [4.69, 9.17) is 4.42 Å². The molecule has 10 aromatic carbocycles. The molecule has 0 unspecified atom stereocenters. The van der Waals surface area contributed by atoms with Crippen LogP contribution in [0, 0.1) is 0 Å². The summed E-state index contributed by atoms with van der Waals surface area (Å²) in [5.41, 5.74) is 15.5. The summed E-state index contributed by atoms with van der Waals surface area (Å²) >= 11 is 0. The number of benzene rings is 10. The van der Waals surface area contributed by atoms with E-state index in [0.29, 0.717) is 0 Å². The lowest BCUT2D eigenvalue weighted by molar-refractivity contribution is 0.666. The van der Waals surface area contributed by atoms with Crippen molar-refractivity contribution < 1.29 is 4.42 Å². The lowest BCUT2D eigenvalue weighted by Gasteiger charge is -2.27. The van der Waals surface area contributed by atoms with Crippen molar-refractivity contribution in [2.24, 2.45) is 0 Å². The Labute approximate surface area is 353 Å². The molecule has 0 aliphatic heterocycles. The van der Waals surface area contributed by atoms with Gasteiger partial charge in [-0.15, -0.1) is 0 Å². The molecule has 12 aromatic rings. The minimum Gasteiger partial charge on any atom is -0.454 e. The Balaban J connectivity index is 0.935. The molecule has 286 valence electrons. The van der Waals surface area contributed by atoms with E-state index in [1.807, 2.05) is 6.07 Å². The fourth-order valence-corrected chi connectivity index (χ4v) is 9.26. The summed E-state index contributed by atoms with van der Waals surface area (Å²) in [6.07, 6.45) is 0. The van der Waals surface area contributed by atoms with Gasteiger partial charge in [0.05, 0.1) is 22.4 Å². The monoisotopic (exact) mass is 778 g/mol. The molecule has 61 heavy (non-hydrogen) atoms. The predicted octanol–water partition coefficient (Wildman–Crippen LogP) is 16.3. The molecule has 0 amide bonds. The van der Waals surface area contributed by atoms with E-state index < -0.39 is 0 Å². The van der Waals surface area contributed by atoms with E-state index in [-0.39, 0.29) is 0 Å². The van der Waals surface area contributed by atoms with E-state index in [9.17, 15) is 0 Å². The molecule has 2 aromatic heterocycles. The van der Waals surface area contributed by atoms with Gasteiger partial charge in [-0.1, -0.05) is 176 Å². The molecule has 0 N–H and O–H groups in total. The maximum Gasteiger partial charge on any atom is 0.159 e. The number of furan rings is 1. The van der Waals surface area contributed by atoms with Crippen LogP contribution in [0.3, 0.4) is 0 Å². The van der Waals surface area contributed by atoms with E-state index in [1.54, 1.807) is 0 Å². The van der Waals surface area contributed by atoms with Gasteiger partial charge in [-0.3, -0.25) is 0 Å². The summed E-state index contributed by atoms with van der Waals surface area (Å²) in [4.78, 5) is 2.38. The number of nitrogens with zero attached hydrogens (tertiary/aromatic N) is 2. The van der Waals surface area contributed by atoms with E-state index >= 15 is 0 Å². The van der Waals surface area contributed by atoms with Crippen LogP contribution in [-0.2, 0) is 0 Å². The van der Waals surface area contributed by atoms with Gasteiger partial charge in [-0.2, -0.15) is 0 Å². The average Bonchev–Trinajstić information content (AvgIpc) is 3.88. The van der Waals surface area contributed by atoms with Crippen LogP contribution in [0.25, 0.3) is 93.6 Å². The Bertz CT molecular complexity index is 3570. The highest BCUT2D eigenvalue weighted by Crippen LogP contribution is 2.42. The number of para-hydroxylation sites is 3. The largest absolute Gasteiger partial charge is 0.454 e. The topological polar surface area (TPSA) is 21.3 Å². The van der Waals surface area contributed by atoms with Gasteiger partial charge in [-0.25, -0.2) is 0 Å². The molecule has 0 saturated carbocycles. The van der Waals surface area contributed by atoms with Crippen LogP contribution in [0.1, 0.15) is 0 Å². The number of aromatic nitrogens is 1. The first kappa shape index (κ1) is 34.9.